The minimum Gasteiger partial charge on any atom is -0.351 e. The van der Waals surface area contributed by atoms with Crippen LogP contribution in [0.4, 0.5) is 0 Å². The lowest BCUT2D eigenvalue weighted by Crippen LogP contribution is -2.45. The van der Waals surface area contributed by atoms with Crippen LogP contribution in [-0.4, -0.2) is 26.7 Å². The van der Waals surface area contributed by atoms with Crippen molar-refractivity contribution in [3.8, 4) is 11.4 Å². The number of nitrogens with zero attached hydrogens (tertiary/aromatic N) is 3. The third-order valence-electron chi connectivity index (χ3n) is 4.87. The second kappa shape index (κ2) is 8.60. The first-order valence-corrected chi connectivity index (χ1v) is 10.4. The Labute approximate surface area is 190 Å². The fourth-order valence-corrected chi connectivity index (χ4v) is 3.94. The van der Waals surface area contributed by atoms with Gasteiger partial charge in [0.15, 0.2) is 5.11 Å². The Kier molecular flexibility index (Phi) is 5.90. The summed E-state index contributed by atoms with van der Waals surface area (Å²) in [6, 6.07) is 14.6. The molecule has 0 amide bonds. The predicted molar refractivity (Wildman–Crippen MR) is 124 cm³/mol. The highest BCUT2D eigenvalue weighted by atomic mass is 35.5. The SMILES string of the molecule is C=CCN1C(=S)NC(c2ccc(Cl)cc2)C(c2nc(-c3ccc(Cl)cc3)no2)=C1C. The summed E-state index contributed by atoms with van der Waals surface area (Å²) < 4.78 is 5.68. The highest BCUT2D eigenvalue weighted by molar-refractivity contribution is 7.80. The molecule has 5 nitrogen and oxygen atoms in total. The van der Waals surface area contributed by atoms with Crippen LogP contribution in [0.2, 0.25) is 10.0 Å². The molecule has 0 bridgehead atoms. The minimum absolute atomic E-state index is 0.255. The molecule has 2 aromatic carbocycles. The summed E-state index contributed by atoms with van der Waals surface area (Å²) >= 11 is 17.7. The average Bonchev–Trinajstić information content (AvgIpc) is 3.21. The summed E-state index contributed by atoms with van der Waals surface area (Å²) in [7, 11) is 0. The first kappa shape index (κ1) is 20.6. The van der Waals surface area contributed by atoms with Crippen LogP contribution in [0.15, 0.2) is 71.4 Å². The van der Waals surface area contributed by atoms with E-state index in [0.717, 1.165) is 22.4 Å². The molecule has 30 heavy (non-hydrogen) atoms. The largest absolute Gasteiger partial charge is 0.351 e. The van der Waals surface area contributed by atoms with Gasteiger partial charge >= 0.3 is 0 Å². The Morgan fingerprint density at radius 2 is 1.77 bits per heavy atom. The predicted octanol–water partition coefficient (Wildman–Crippen LogP) is 5.89. The van der Waals surface area contributed by atoms with Crippen molar-refractivity contribution in [2.24, 2.45) is 0 Å². The summed E-state index contributed by atoms with van der Waals surface area (Å²) in [4.78, 5) is 6.61. The van der Waals surface area contributed by atoms with Crippen LogP contribution in [-0.2, 0) is 0 Å². The zero-order valence-corrected chi connectivity index (χ0v) is 18.4. The van der Waals surface area contributed by atoms with E-state index in [1.165, 1.54) is 0 Å². The van der Waals surface area contributed by atoms with Crippen LogP contribution in [0.1, 0.15) is 24.4 Å². The number of aromatic nitrogens is 2. The third-order valence-corrected chi connectivity index (χ3v) is 5.71. The number of benzene rings is 2. The summed E-state index contributed by atoms with van der Waals surface area (Å²) in [5.74, 6) is 0.904. The van der Waals surface area contributed by atoms with Crippen LogP contribution in [0.25, 0.3) is 17.0 Å². The van der Waals surface area contributed by atoms with E-state index in [4.69, 9.17) is 39.9 Å². The van der Waals surface area contributed by atoms with Crippen LogP contribution < -0.4 is 5.32 Å². The zero-order valence-electron chi connectivity index (χ0n) is 16.1. The van der Waals surface area contributed by atoms with Crippen LogP contribution >= 0.6 is 35.4 Å². The molecule has 4 rings (SSSR count). The summed E-state index contributed by atoms with van der Waals surface area (Å²) in [5.41, 5.74) is 3.57. The molecule has 8 heteroatoms. The molecule has 1 aliphatic heterocycles. The molecule has 1 aliphatic rings. The van der Waals surface area contributed by atoms with E-state index >= 15 is 0 Å². The average molecular weight is 457 g/mol. The highest BCUT2D eigenvalue weighted by Gasteiger charge is 2.33. The molecule has 1 atom stereocenters. The van der Waals surface area contributed by atoms with Gasteiger partial charge in [0.2, 0.25) is 5.82 Å². The van der Waals surface area contributed by atoms with Crippen molar-refractivity contribution in [1.82, 2.24) is 20.4 Å². The van der Waals surface area contributed by atoms with E-state index in [1.807, 2.05) is 48.2 Å². The van der Waals surface area contributed by atoms with Gasteiger partial charge in [-0.15, -0.1) is 6.58 Å². The van der Waals surface area contributed by atoms with Gasteiger partial charge in [-0.2, -0.15) is 4.98 Å². The van der Waals surface area contributed by atoms with Gasteiger partial charge in [0.05, 0.1) is 11.6 Å². The minimum atomic E-state index is -0.255. The molecule has 1 N–H and O–H groups in total. The van der Waals surface area contributed by atoms with E-state index in [2.05, 4.69) is 22.0 Å². The number of rotatable bonds is 5. The van der Waals surface area contributed by atoms with Crippen molar-refractivity contribution in [2.75, 3.05) is 6.54 Å². The van der Waals surface area contributed by atoms with Crippen molar-refractivity contribution in [1.29, 1.82) is 0 Å². The van der Waals surface area contributed by atoms with Gasteiger partial charge in [-0.1, -0.05) is 46.6 Å². The maximum absolute atomic E-state index is 6.08. The fourth-order valence-electron chi connectivity index (χ4n) is 3.36. The van der Waals surface area contributed by atoms with Crippen molar-refractivity contribution in [3.63, 3.8) is 0 Å². The van der Waals surface area contributed by atoms with Gasteiger partial charge in [0, 0.05) is 27.9 Å². The smallest absolute Gasteiger partial charge is 0.258 e. The van der Waals surface area contributed by atoms with Crippen molar-refractivity contribution < 1.29 is 4.52 Å². The Hall–Kier alpha value is -2.67. The molecule has 0 fully saturated rings. The molecule has 0 saturated heterocycles. The number of nitrogens with one attached hydrogen (secondary N) is 1. The van der Waals surface area contributed by atoms with Gasteiger partial charge in [-0.05, 0) is 61.1 Å². The molecule has 1 unspecified atom stereocenters. The lowest BCUT2D eigenvalue weighted by Gasteiger charge is -2.36. The van der Waals surface area contributed by atoms with Gasteiger partial charge in [-0.3, -0.25) is 0 Å². The second-order valence-electron chi connectivity index (χ2n) is 6.76. The molecule has 0 spiro atoms. The molecule has 1 aromatic heterocycles. The monoisotopic (exact) mass is 456 g/mol. The maximum Gasteiger partial charge on any atom is 0.258 e. The van der Waals surface area contributed by atoms with E-state index < -0.39 is 0 Å². The van der Waals surface area contributed by atoms with Gasteiger partial charge in [0.1, 0.15) is 0 Å². The normalized spacial score (nSPS) is 16.6. The summed E-state index contributed by atoms with van der Waals surface area (Å²) in [6.07, 6.45) is 1.80. The second-order valence-corrected chi connectivity index (χ2v) is 8.02. The van der Waals surface area contributed by atoms with E-state index in [9.17, 15) is 0 Å². The molecular weight excluding hydrogens is 439 g/mol. The molecule has 152 valence electrons. The van der Waals surface area contributed by atoms with Crippen molar-refractivity contribution >= 4 is 46.1 Å². The van der Waals surface area contributed by atoms with E-state index in [0.29, 0.717) is 33.4 Å². The number of hydrogen-bond acceptors (Lipinski definition) is 4. The maximum atomic E-state index is 6.08. The molecule has 0 radical (unpaired) electrons. The quantitative estimate of drug-likeness (QED) is 0.381. The lowest BCUT2D eigenvalue weighted by atomic mass is 9.95. The summed E-state index contributed by atoms with van der Waals surface area (Å²) in [5, 5.41) is 9.47. The number of thiocarbonyl (C=S) groups is 1. The fraction of sp³-hybridized carbons (Fsp3) is 0.136. The topological polar surface area (TPSA) is 54.2 Å². The van der Waals surface area contributed by atoms with Gasteiger partial charge in [0.25, 0.3) is 5.89 Å². The van der Waals surface area contributed by atoms with Crippen molar-refractivity contribution in [2.45, 2.75) is 13.0 Å². The molecule has 3 aromatic rings. The van der Waals surface area contributed by atoms with E-state index in [1.54, 1.807) is 18.2 Å². The van der Waals surface area contributed by atoms with Crippen LogP contribution in [0.5, 0.6) is 0 Å². The van der Waals surface area contributed by atoms with Crippen LogP contribution in [0, 0.1) is 0 Å². The number of allylic oxidation sites excluding steroid dienone is 1. The van der Waals surface area contributed by atoms with Crippen molar-refractivity contribution in [3.05, 3.63) is 88.4 Å². The standard InChI is InChI=1S/C22H18Cl2N4OS/c1-3-12-28-13(2)18(19(25-22(28)30)14-4-8-16(23)9-5-14)21-26-20(27-29-21)15-6-10-17(24)11-7-15/h3-11,19H,1,12H2,2H3,(H,25,30). The number of halogens is 2. The highest BCUT2D eigenvalue weighted by Crippen LogP contribution is 2.37. The third kappa shape index (κ3) is 3.99. The molecule has 0 aliphatic carbocycles. The lowest BCUT2D eigenvalue weighted by molar-refractivity contribution is 0.399. The summed E-state index contributed by atoms with van der Waals surface area (Å²) in [6.45, 7) is 6.38. The Morgan fingerprint density at radius 3 is 2.40 bits per heavy atom. The molecule has 0 saturated carbocycles. The molecule has 2 heterocycles. The Bertz CT molecular complexity index is 1120. The number of hydrogen-bond donors (Lipinski definition) is 1. The zero-order chi connectivity index (χ0) is 21.3. The van der Waals surface area contributed by atoms with Gasteiger partial charge < -0.3 is 14.7 Å². The Morgan fingerprint density at radius 1 is 1.13 bits per heavy atom. The molecular formula is C22H18Cl2N4OS. The first-order chi connectivity index (χ1) is 14.5. The van der Waals surface area contributed by atoms with Gasteiger partial charge in [-0.25, -0.2) is 0 Å². The first-order valence-electron chi connectivity index (χ1n) is 9.23. The van der Waals surface area contributed by atoms with Crippen LogP contribution in [0.3, 0.4) is 0 Å². The van der Waals surface area contributed by atoms with E-state index in [-0.39, 0.29) is 6.04 Å². The Balaban J connectivity index is 1.81.